The topological polar surface area (TPSA) is 61.4 Å². The molecule has 110 valence electrons. The number of nitrogens with one attached hydrogen (secondary N) is 2. The summed E-state index contributed by atoms with van der Waals surface area (Å²) in [7, 11) is 0. The lowest BCUT2D eigenvalue weighted by molar-refractivity contribution is 0.234. The van der Waals surface area contributed by atoms with Crippen molar-refractivity contribution in [3.05, 3.63) is 28.0 Å². The van der Waals surface area contributed by atoms with Gasteiger partial charge in [-0.1, -0.05) is 0 Å². The van der Waals surface area contributed by atoms with Gasteiger partial charge in [0, 0.05) is 18.8 Å². The van der Waals surface area contributed by atoms with Gasteiger partial charge in [-0.2, -0.15) is 0 Å². The Labute approximate surface area is 125 Å². The normalized spacial score (nSPS) is 15.8. The Hall–Kier alpha value is -1.14. The molecule has 0 unspecified atom stereocenters. The molecule has 0 atom stereocenters. The third-order valence-corrected chi connectivity index (χ3v) is 4.35. The summed E-state index contributed by atoms with van der Waals surface area (Å²) < 4.78 is 13.6. The van der Waals surface area contributed by atoms with Gasteiger partial charge in [0.2, 0.25) is 0 Å². The SMILES string of the molecule is Cc1cc(F)c(Br)cc1NC(=O)NCC1(CCO)CC1. The molecule has 1 aromatic carbocycles. The van der Waals surface area contributed by atoms with Crippen LogP contribution in [0.1, 0.15) is 24.8 Å². The Morgan fingerprint density at radius 2 is 2.20 bits per heavy atom. The van der Waals surface area contributed by atoms with Gasteiger partial charge >= 0.3 is 6.03 Å². The number of urea groups is 1. The summed E-state index contributed by atoms with van der Waals surface area (Å²) in [6.07, 6.45) is 2.79. The lowest BCUT2D eigenvalue weighted by atomic mass is 10.0. The fourth-order valence-corrected chi connectivity index (χ4v) is 2.49. The van der Waals surface area contributed by atoms with Crippen LogP contribution in [0.3, 0.4) is 0 Å². The Balaban J connectivity index is 1.90. The molecular formula is C14H18BrFN2O2. The van der Waals surface area contributed by atoms with Crippen LogP contribution in [-0.2, 0) is 0 Å². The van der Waals surface area contributed by atoms with Crippen LogP contribution in [0.15, 0.2) is 16.6 Å². The molecule has 2 amide bonds. The smallest absolute Gasteiger partial charge is 0.319 e. The summed E-state index contributed by atoms with van der Waals surface area (Å²) in [5.41, 5.74) is 1.31. The molecular weight excluding hydrogens is 327 g/mol. The quantitative estimate of drug-likeness (QED) is 0.768. The summed E-state index contributed by atoms with van der Waals surface area (Å²) in [5, 5.41) is 14.5. The Morgan fingerprint density at radius 3 is 2.80 bits per heavy atom. The highest BCUT2D eigenvalue weighted by Gasteiger charge is 2.41. The Kier molecular flexibility index (Phi) is 4.65. The fraction of sp³-hybridized carbons (Fsp3) is 0.500. The highest BCUT2D eigenvalue weighted by molar-refractivity contribution is 9.10. The number of rotatable bonds is 5. The third-order valence-electron chi connectivity index (χ3n) is 3.74. The first-order valence-electron chi connectivity index (χ1n) is 6.57. The van der Waals surface area contributed by atoms with Crippen LogP contribution in [-0.4, -0.2) is 24.3 Å². The zero-order chi connectivity index (χ0) is 14.8. The molecule has 2 rings (SSSR count). The number of anilines is 1. The predicted molar refractivity (Wildman–Crippen MR) is 79.2 cm³/mol. The molecule has 6 heteroatoms. The van der Waals surface area contributed by atoms with Crippen LogP contribution >= 0.6 is 15.9 Å². The highest BCUT2D eigenvalue weighted by atomic mass is 79.9. The van der Waals surface area contributed by atoms with Crippen molar-refractivity contribution >= 4 is 27.6 Å². The Bertz CT molecular complexity index is 518. The van der Waals surface area contributed by atoms with Gasteiger partial charge in [-0.15, -0.1) is 0 Å². The minimum Gasteiger partial charge on any atom is -0.396 e. The van der Waals surface area contributed by atoms with E-state index in [0.717, 1.165) is 12.8 Å². The second-order valence-corrected chi connectivity index (χ2v) is 6.22. The first kappa shape index (κ1) is 15.3. The van der Waals surface area contributed by atoms with E-state index in [1.165, 1.54) is 6.07 Å². The summed E-state index contributed by atoms with van der Waals surface area (Å²) >= 11 is 3.10. The molecule has 1 fully saturated rings. The molecule has 0 aliphatic heterocycles. The maximum Gasteiger partial charge on any atom is 0.319 e. The van der Waals surface area contributed by atoms with Crippen LogP contribution in [0.4, 0.5) is 14.9 Å². The molecule has 0 radical (unpaired) electrons. The summed E-state index contributed by atoms with van der Waals surface area (Å²) in [6.45, 7) is 2.44. The largest absolute Gasteiger partial charge is 0.396 e. The zero-order valence-electron chi connectivity index (χ0n) is 11.3. The van der Waals surface area contributed by atoms with E-state index in [-0.39, 0.29) is 23.9 Å². The number of aliphatic hydroxyl groups excluding tert-OH is 1. The molecule has 0 spiro atoms. The average Bonchev–Trinajstić information content (AvgIpc) is 3.14. The fourth-order valence-electron chi connectivity index (χ4n) is 2.14. The van der Waals surface area contributed by atoms with Gasteiger partial charge in [0.1, 0.15) is 5.82 Å². The van der Waals surface area contributed by atoms with E-state index in [1.54, 1.807) is 13.0 Å². The van der Waals surface area contributed by atoms with E-state index < -0.39 is 0 Å². The third kappa shape index (κ3) is 3.70. The van der Waals surface area contributed by atoms with Crippen molar-refractivity contribution in [2.24, 2.45) is 5.41 Å². The Morgan fingerprint density at radius 1 is 1.50 bits per heavy atom. The van der Waals surface area contributed by atoms with Crippen LogP contribution in [0, 0.1) is 18.2 Å². The van der Waals surface area contributed by atoms with Gasteiger partial charge in [-0.3, -0.25) is 0 Å². The van der Waals surface area contributed by atoms with Gasteiger partial charge in [0.25, 0.3) is 0 Å². The van der Waals surface area contributed by atoms with E-state index in [1.807, 2.05) is 0 Å². The number of benzene rings is 1. The number of hydrogen-bond acceptors (Lipinski definition) is 2. The van der Waals surface area contributed by atoms with Crippen molar-refractivity contribution in [3.63, 3.8) is 0 Å². The van der Waals surface area contributed by atoms with E-state index in [2.05, 4.69) is 26.6 Å². The molecule has 0 heterocycles. The average molecular weight is 345 g/mol. The standard InChI is InChI=1S/C14H18BrFN2O2/c1-9-6-11(16)10(15)7-12(9)18-13(20)17-8-14(2-3-14)4-5-19/h6-7,19H,2-5,8H2,1H3,(H2,17,18,20). The number of carbonyl (C=O) groups is 1. The minimum atomic E-state index is -0.353. The molecule has 0 bridgehead atoms. The minimum absolute atomic E-state index is 0.0739. The molecule has 3 N–H and O–H groups in total. The van der Waals surface area contributed by atoms with Crippen LogP contribution in [0.5, 0.6) is 0 Å². The van der Waals surface area contributed by atoms with E-state index in [9.17, 15) is 9.18 Å². The monoisotopic (exact) mass is 344 g/mol. The maximum atomic E-state index is 13.3. The number of hydrogen-bond donors (Lipinski definition) is 3. The van der Waals surface area contributed by atoms with Crippen molar-refractivity contribution in [2.75, 3.05) is 18.5 Å². The second kappa shape index (κ2) is 6.10. The lowest BCUT2D eigenvalue weighted by Gasteiger charge is -2.16. The van der Waals surface area contributed by atoms with E-state index in [4.69, 9.17) is 5.11 Å². The number of carbonyl (C=O) groups excluding carboxylic acids is 1. The molecule has 1 saturated carbocycles. The van der Waals surface area contributed by atoms with Gasteiger partial charge in [0.05, 0.1) is 4.47 Å². The molecule has 1 aliphatic rings. The maximum absolute atomic E-state index is 13.3. The summed E-state index contributed by atoms with van der Waals surface area (Å²) in [4.78, 5) is 11.8. The molecule has 0 saturated heterocycles. The van der Waals surface area contributed by atoms with Crippen molar-refractivity contribution < 1.29 is 14.3 Å². The van der Waals surface area contributed by atoms with E-state index in [0.29, 0.717) is 28.7 Å². The van der Waals surface area contributed by atoms with Crippen molar-refractivity contribution in [1.82, 2.24) is 5.32 Å². The van der Waals surface area contributed by atoms with Gasteiger partial charge in [-0.05, 0) is 65.2 Å². The highest BCUT2D eigenvalue weighted by Crippen LogP contribution is 2.47. The molecule has 1 aromatic rings. The van der Waals surface area contributed by atoms with Gasteiger partial charge in [0.15, 0.2) is 0 Å². The van der Waals surface area contributed by atoms with E-state index >= 15 is 0 Å². The summed E-state index contributed by atoms with van der Waals surface area (Å²) in [6, 6.07) is 2.61. The molecule has 20 heavy (non-hydrogen) atoms. The number of aryl methyl sites for hydroxylation is 1. The summed E-state index contributed by atoms with van der Waals surface area (Å²) in [5.74, 6) is -0.353. The van der Waals surface area contributed by atoms with Gasteiger partial charge < -0.3 is 15.7 Å². The molecule has 1 aliphatic carbocycles. The number of aliphatic hydroxyl groups is 1. The molecule has 0 aromatic heterocycles. The first-order valence-corrected chi connectivity index (χ1v) is 7.36. The van der Waals surface area contributed by atoms with Crippen molar-refractivity contribution in [1.29, 1.82) is 0 Å². The molecule has 4 nitrogen and oxygen atoms in total. The first-order chi connectivity index (χ1) is 9.46. The second-order valence-electron chi connectivity index (χ2n) is 5.36. The predicted octanol–water partition coefficient (Wildman–Crippen LogP) is 3.18. The van der Waals surface area contributed by atoms with Crippen LogP contribution in [0.25, 0.3) is 0 Å². The number of halogens is 2. The van der Waals surface area contributed by atoms with Crippen LogP contribution in [0.2, 0.25) is 0 Å². The lowest BCUT2D eigenvalue weighted by Crippen LogP contribution is -2.34. The van der Waals surface area contributed by atoms with Crippen LogP contribution < -0.4 is 10.6 Å². The number of amides is 2. The van der Waals surface area contributed by atoms with Gasteiger partial charge in [-0.25, -0.2) is 9.18 Å². The van der Waals surface area contributed by atoms with Crippen molar-refractivity contribution in [2.45, 2.75) is 26.2 Å². The zero-order valence-corrected chi connectivity index (χ0v) is 12.9. The van der Waals surface area contributed by atoms with Crippen molar-refractivity contribution in [3.8, 4) is 0 Å².